The van der Waals surface area contributed by atoms with Gasteiger partial charge in [0.05, 0.1) is 34.4 Å². The van der Waals surface area contributed by atoms with E-state index in [1.807, 2.05) is 4.90 Å². The minimum absolute atomic E-state index is 0.0385. The molecule has 13 heteroatoms. The number of ether oxygens (including phenoxy) is 1. The zero-order valence-electron chi connectivity index (χ0n) is 21.9. The first-order chi connectivity index (χ1) is 19.3. The van der Waals surface area contributed by atoms with Crippen LogP contribution in [-0.2, 0) is 16.2 Å². The van der Waals surface area contributed by atoms with Crippen LogP contribution in [0, 0.1) is 11.3 Å². The Labute approximate surface area is 240 Å². The van der Waals surface area contributed by atoms with Crippen molar-refractivity contribution >= 4 is 44.8 Å². The third-order valence-corrected chi connectivity index (χ3v) is 8.99. The molecule has 1 saturated heterocycles. The van der Waals surface area contributed by atoms with Gasteiger partial charge >= 0.3 is 12.1 Å². The Balaban J connectivity index is 1.83. The summed E-state index contributed by atoms with van der Waals surface area (Å²) in [6.45, 7) is 2.80. The van der Waals surface area contributed by atoms with Gasteiger partial charge in [-0.3, -0.25) is 5.41 Å². The van der Waals surface area contributed by atoms with E-state index < -0.39 is 44.1 Å². The molecule has 0 amide bonds. The van der Waals surface area contributed by atoms with E-state index >= 15 is 0 Å². The number of carboxylic acid groups (broad SMARTS) is 1. The van der Waals surface area contributed by atoms with Gasteiger partial charge in [-0.15, -0.1) is 0 Å². The lowest BCUT2D eigenvalue weighted by molar-refractivity contribution is -0.138. The summed E-state index contributed by atoms with van der Waals surface area (Å²) in [5.74, 6) is -1.59. The number of benzene rings is 3. The van der Waals surface area contributed by atoms with Crippen molar-refractivity contribution in [1.29, 1.82) is 5.41 Å². The number of hydrogen-bond acceptors (Lipinski definition) is 5. The summed E-state index contributed by atoms with van der Waals surface area (Å²) in [6.07, 6.45) is -3.82. The molecule has 0 aliphatic carbocycles. The Hall–Kier alpha value is -3.77. The molecule has 1 aliphatic heterocycles. The summed E-state index contributed by atoms with van der Waals surface area (Å²) in [5, 5.41) is 17.0. The Morgan fingerprint density at radius 3 is 2.37 bits per heavy atom. The number of amidine groups is 1. The maximum Gasteiger partial charge on any atom is 0.422 e. The number of halogens is 4. The van der Waals surface area contributed by atoms with Gasteiger partial charge in [0.25, 0.3) is 10.0 Å². The van der Waals surface area contributed by atoms with E-state index in [1.165, 1.54) is 42.5 Å². The highest BCUT2D eigenvalue weighted by Gasteiger charge is 2.42. The van der Waals surface area contributed by atoms with Crippen LogP contribution in [-0.4, -0.2) is 49.9 Å². The lowest BCUT2D eigenvalue weighted by Crippen LogP contribution is -2.38. The van der Waals surface area contributed by atoms with Crippen molar-refractivity contribution in [2.24, 2.45) is 5.92 Å². The number of carbonyl (C=O) groups is 1. The Morgan fingerprint density at radius 1 is 1.10 bits per heavy atom. The quantitative estimate of drug-likeness (QED) is 0.218. The summed E-state index contributed by atoms with van der Waals surface area (Å²) >= 11 is 6.17. The van der Waals surface area contributed by atoms with Crippen molar-refractivity contribution in [1.82, 2.24) is 4.90 Å². The van der Waals surface area contributed by atoms with Gasteiger partial charge in [-0.05, 0) is 68.1 Å². The second kappa shape index (κ2) is 12.0. The SMILES string of the molecule is CC(=N)N1CCC(COc2cccc(N(c3cccc(C(=O)O)c3)S(=O)(=O)c3ccccc3Cl)c2C(F)(F)F)CC1. The second-order valence-electron chi connectivity index (χ2n) is 9.53. The van der Waals surface area contributed by atoms with E-state index in [-0.39, 0.29) is 28.8 Å². The number of rotatable bonds is 8. The number of nitrogens with zero attached hydrogens (tertiary/aromatic N) is 2. The van der Waals surface area contributed by atoms with Gasteiger partial charge < -0.3 is 14.7 Å². The number of sulfonamides is 1. The van der Waals surface area contributed by atoms with E-state index in [0.29, 0.717) is 36.1 Å². The molecule has 1 heterocycles. The predicted octanol–water partition coefficient (Wildman–Crippen LogP) is 6.67. The average molecular weight is 610 g/mol. The Bertz CT molecular complexity index is 1560. The first-order valence-electron chi connectivity index (χ1n) is 12.6. The predicted molar refractivity (Wildman–Crippen MR) is 149 cm³/mol. The third kappa shape index (κ3) is 6.59. The van der Waals surface area contributed by atoms with E-state index in [0.717, 1.165) is 24.3 Å². The number of anilines is 2. The zero-order valence-corrected chi connectivity index (χ0v) is 23.4. The molecule has 41 heavy (non-hydrogen) atoms. The molecule has 3 aromatic rings. The number of nitrogens with one attached hydrogen (secondary N) is 1. The molecular formula is C28H27ClF3N3O5S. The monoisotopic (exact) mass is 609 g/mol. The number of alkyl halides is 3. The smallest absolute Gasteiger partial charge is 0.422 e. The largest absolute Gasteiger partial charge is 0.493 e. The second-order valence-corrected chi connectivity index (χ2v) is 11.7. The first kappa shape index (κ1) is 30.2. The van der Waals surface area contributed by atoms with Crippen molar-refractivity contribution < 1.29 is 36.2 Å². The maximum absolute atomic E-state index is 14.7. The molecule has 8 nitrogen and oxygen atoms in total. The van der Waals surface area contributed by atoms with Crippen LogP contribution in [0.15, 0.2) is 71.6 Å². The minimum atomic E-state index is -5.05. The van der Waals surface area contributed by atoms with E-state index in [1.54, 1.807) is 6.92 Å². The Kier molecular flexibility index (Phi) is 8.83. The lowest BCUT2D eigenvalue weighted by Gasteiger charge is -2.33. The maximum atomic E-state index is 14.7. The number of hydrogen-bond donors (Lipinski definition) is 2. The van der Waals surface area contributed by atoms with E-state index in [4.69, 9.17) is 21.7 Å². The fourth-order valence-electron chi connectivity index (χ4n) is 4.66. The van der Waals surface area contributed by atoms with Gasteiger partial charge in [-0.25, -0.2) is 17.5 Å². The summed E-state index contributed by atoms with van der Waals surface area (Å²) in [6, 6.07) is 13.3. The summed E-state index contributed by atoms with van der Waals surface area (Å²) in [4.78, 5) is 13.1. The van der Waals surface area contributed by atoms with Crippen LogP contribution in [0.5, 0.6) is 5.75 Å². The summed E-state index contributed by atoms with van der Waals surface area (Å²) < 4.78 is 78.3. The topological polar surface area (TPSA) is 111 Å². The van der Waals surface area contributed by atoms with Crippen LogP contribution >= 0.6 is 11.6 Å². The lowest BCUT2D eigenvalue weighted by atomic mass is 9.97. The molecule has 1 aliphatic rings. The van der Waals surface area contributed by atoms with Gasteiger partial charge in [0, 0.05) is 13.1 Å². The van der Waals surface area contributed by atoms with Crippen LogP contribution in [0.3, 0.4) is 0 Å². The number of aromatic carboxylic acids is 1. The van der Waals surface area contributed by atoms with Gasteiger partial charge in [-0.1, -0.05) is 35.9 Å². The van der Waals surface area contributed by atoms with E-state index in [9.17, 15) is 31.5 Å². The average Bonchev–Trinajstić information content (AvgIpc) is 2.92. The van der Waals surface area contributed by atoms with Crippen molar-refractivity contribution in [3.05, 3.63) is 82.9 Å². The van der Waals surface area contributed by atoms with Crippen LogP contribution in [0.2, 0.25) is 5.02 Å². The number of piperidine rings is 1. The van der Waals surface area contributed by atoms with Gasteiger partial charge in [0.2, 0.25) is 0 Å². The molecule has 0 atom stereocenters. The highest BCUT2D eigenvalue weighted by molar-refractivity contribution is 7.93. The van der Waals surface area contributed by atoms with Crippen LogP contribution in [0.25, 0.3) is 0 Å². The summed E-state index contributed by atoms with van der Waals surface area (Å²) in [7, 11) is -4.80. The molecule has 0 saturated carbocycles. The van der Waals surface area contributed by atoms with Crippen LogP contribution < -0.4 is 9.04 Å². The van der Waals surface area contributed by atoms with Crippen molar-refractivity contribution in [3.8, 4) is 5.75 Å². The standard InChI is InChI=1S/C28H27ClF3N3O5S/c1-18(33)34-14-12-19(13-15-34)17-40-24-10-5-9-23(26(24)28(30,31)32)35(21-7-4-6-20(16-21)27(36)37)41(38,39)25-11-3-2-8-22(25)29/h2-11,16,19,33H,12-15,17H2,1H3,(H,36,37). The molecule has 4 rings (SSSR count). The highest BCUT2D eigenvalue weighted by atomic mass is 35.5. The molecule has 0 unspecified atom stereocenters. The fraction of sp³-hybridized carbons (Fsp3) is 0.286. The number of likely N-dealkylation sites (tertiary alicyclic amines) is 1. The first-order valence-corrected chi connectivity index (χ1v) is 14.4. The van der Waals surface area contributed by atoms with Crippen molar-refractivity contribution in [3.63, 3.8) is 0 Å². The Morgan fingerprint density at radius 2 is 1.76 bits per heavy atom. The van der Waals surface area contributed by atoms with Crippen molar-refractivity contribution in [2.45, 2.75) is 30.8 Å². The van der Waals surface area contributed by atoms with Crippen LogP contribution in [0.1, 0.15) is 35.7 Å². The molecule has 0 radical (unpaired) electrons. The zero-order chi connectivity index (χ0) is 29.9. The molecule has 0 bridgehead atoms. The number of carboxylic acids is 1. The fourth-order valence-corrected chi connectivity index (χ4v) is 6.65. The normalized spacial score (nSPS) is 14.5. The minimum Gasteiger partial charge on any atom is -0.493 e. The van der Waals surface area contributed by atoms with Crippen molar-refractivity contribution in [2.75, 3.05) is 24.0 Å². The molecule has 1 fully saturated rings. The molecule has 0 aromatic heterocycles. The molecule has 3 aromatic carbocycles. The van der Waals surface area contributed by atoms with E-state index in [2.05, 4.69) is 0 Å². The van der Waals surface area contributed by atoms with Crippen LogP contribution in [0.4, 0.5) is 24.5 Å². The van der Waals surface area contributed by atoms with Gasteiger partial charge in [0.15, 0.2) is 0 Å². The highest BCUT2D eigenvalue weighted by Crippen LogP contribution is 2.47. The molecule has 2 N–H and O–H groups in total. The molecular weight excluding hydrogens is 583 g/mol. The molecule has 0 spiro atoms. The summed E-state index contributed by atoms with van der Waals surface area (Å²) in [5.41, 5.74) is -2.76. The third-order valence-electron chi connectivity index (χ3n) is 6.75. The molecule has 218 valence electrons. The van der Waals surface area contributed by atoms with Gasteiger partial charge in [-0.2, -0.15) is 13.2 Å². The van der Waals surface area contributed by atoms with Gasteiger partial charge in [0.1, 0.15) is 16.2 Å².